The van der Waals surface area contributed by atoms with Crippen LogP contribution in [0.5, 0.6) is 0 Å². The Morgan fingerprint density at radius 1 is 1.45 bits per heavy atom. The molecular weight excluding hydrogens is 252 g/mol. The summed E-state index contributed by atoms with van der Waals surface area (Å²) in [5, 5.41) is 3.18. The summed E-state index contributed by atoms with van der Waals surface area (Å²) in [5.41, 5.74) is 5.89. The van der Waals surface area contributed by atoms with E-state index in [0.29, 0.717) is 18.1 Å². The summed E-state index contributed by atoms with van der Waals surface area (Å²) in [6, 6.07) is 0.583. The standard InChI is InChI=1S/C15H32N4O/c1-4-19-10-7-8-14(19)12-18-15(16)17-9-5-6-11-20-13(2)3/h13-14H,4-12H2,1-3H3,(H3,16,17,18). The van der Waals surface area contributed by atoms with Crippen molar-refractivity contribution in [3.8, 4) is 0 Å². The highest BCUT2D eigenvalue weighted by molar-refractivity contribution is 5.77. The lowest BCUT2D eigenvalue weighted by Gasteiger charge is -2.20. The molecule has 1 unspecified atom stereocenters. The predicted octanol–water partition coefficient (Wildman–Crippen LogP) is 1.58. The van der Waals surface area contributed by atoms with Crippen LogP contribution in [0.3, 0.4) is 0 Å². The molecule has 0 aromatic rings. The van der Waals surface area contributed by atoms with Crippen molar-refractivity contribution in [2.75, 3.05) is 32.8 Å². The number of likely N-dealkylation sites (N-methyl/N-ethyl adjacent to an activating group) is 1. The topological polar surface area (TPSA) is 62.9 Å². The van der Waals surface area contributed by atoms with Crippen molar-refractivity contribution in [3.05, 3.63) is 0 Å². The van der Waals surface area contributed by atoms with E-state index in [9.17, 15) is 0 Å². The molecule has 1 fully saturated rings. The summed E-state index contributed by atoms with van der Waals surface area (Å²) in [6.07, 6.45) is 4.98. The van der Waals surface area contributed by atoms with E-state index in [1.807, 2.05) is 0 Å². The molecule has 1 atom stereocenters. The SMILES string of the molecule is CCN1CCCC1CN=C(N)NCCCCOC(C)C. The molecule has 1 saturated heterocycles. The number of hydrogen-bond donors (Lipinski definition) is 2. The maximum absolute atomic E-state index is 5.89. The number of nitrogens with one attached hydrogen (secondary N) is 1. The Hall–Kier alpha value is -0.810. The number of unbranched alkanes of at least 4 members (excludes halogenated alkanes) is 1. The normalized spacial score (nSPS) is 20.8. The minimum atomic E-state index is 0.322. The van der Waals surface area contributed by atoms with E-state index in [2.05, 4.69) is 36.0 Å². The Morgan fingerprint density at radius 3 is 2.95 bits per heavy atom. The Morgan fingerprint density at radius 2 is 2.25 bits per heavy atom. The van der Waals surface area contributed by atoms with Gasteiger partial charge in [-0.05, 0) is 52.6 Å². The van der Waals surface area contributed by atoms with Gasteiger partial charge in [-0.15, -0.1) is 0 Å². The first-order chi connectivity index (χ1) is 9.63. The van der Waals surface area contributed by atoms with Crippen molar-refractivity contribution < 1.29 is 4.74 Å². The van der Waals surface area contributed by atoms with E-state index in [-0.39, 0.29) is 0 Å². The first-order valence-electron chi connectivity index (χ1n) is 8.03. The second-order valence-corrected chi connectivity index (χ2v) is 5.70. The summed E-state index contributed by atoms with van der Waals surface area (Å²) in [7, 11) is 0. The van der Waals surface area contributed by atoms with E-state index >= 15 is 0 Å². The molecule has 1 aliphatic rings. The molecule has 0 aromatic carbocycles. The fraction of sp³-hybridized carbons (Fsp3) is 0.933. The van der Waals surface area contributed by atoms with E-state index in [1.165, 1.54) is 19.4 Å². The lowest BCUT2D eigenvalue weighted by atomic mass is 10.2. The molecule has 0 radical (unpaired) electrons. The van der Waals surface area contributed by atoms with Crippen LogP contribution < -0.4 is 11.1 Å². The number of nitrogens with two attached hydrogens (primary N) is 1. The fourth-order valence-corrected chi connectivity index (χ4v) is 2.54. The van der Waals surface area contributed by atoms with Crippen LogP contribution in [0.15, 0.2) is 4.99 Å². The quantitative estimate of drug-likeness (QED) is 0.383. The van der Waals surface area contributed by atoms with Gasteiger partial charge in [-0.2, -0.15) is 0 Å². The van der Waals surface area contributed by atoms with Gasteiger partial charge in [0.05, 0.1) is 12.6 Å². The van der Waals surface area contributed by atoms with Crippen LogP contribution >= 0.6 is 0 Å². The molecule has 1 rings (SSSR count). The minimum absolute atomic E-state index is 0.322. The first-order valence-corrected chi connectivity index (χ1v) is 8.03. The van der Waals surface area contributed by atoms with Crippen molar-refractivity contribution in [2.24, 2.45) is 10.7 Å². The number of hydrogen-bond acceptors (Lipinski definition) is 3. The van der Waals surface area contributed by atoms with Crippen LogP contribution in [0.25, 0.3) is 0 Å². The highest BCUT2D eigenvalue weighted by Crippen LogP contribution is 2.16. The Bertz CT molecular complexity index is 281. The van der Waals surface area contributed by atoms with Crippen LogP contribution in [0.1, 0.15) is 46.5 Å². The lowest BCUT2D eigenvalue weighted by Crippen LogP contribution is -2.36. The Labute approximate surface area is 124 Å². The Balaban J connectivity index is 2.06. The summed E-state index contributed by atoms with van der Waals surface area (Å²) in [6.45, 7) is 11.2. The molecule has 20 heavy (non-hydrogen) atoms. The molecular formula is C15H32N4O. The molecule has 0 bridgehead atoms. The molecule has 0 aromatic heterocycles. The van der Waals surface area contributed by atoms with Crippen LogP contribution in [-0.4, -0.2) is 55.8 Å². The van der Waals surface area contributed by atoms with Crippen molar-refractivity contribution in [1.29, 1.82) is 0 Å². The summed E-state index contributed by atoms with van der Waals surface area (Å²) in [5.74, 6) is 0.581. The van der Waals surface area contributed by atoms with Crippen molar-refractivity contribution >= 4 is 5.96 Å². The predicted molar refractivity (Wildman–Crippen MR) is 85.1 cm³/mol. The lowest BCUT2D eigenvalue weighted by molar-refractivity contribution is 0.0762. The van der Waals surface area contributed by atoms with E-state index in [0.717, 1.165) is 39.1 Å². The van der Waals surface area contributed by atoms with Gasteiger partial charge in [0.1, 0.15) is 0 Å². The number of ether oxygens (including phenoxy) is 1. The second kappa shape index (κ2) is 10.00. The van der Waals surface area contributed by atoms with Crippen molar-refractivity contribution in [3.63, 3.8) is 0 Å². The fourth-order valence-electron chi connectivity index (χ4n) is 2.54. The van der Waals surface area contributed by atoms with Gasteiger partial charge >= 0.3 is 0 Å². The van der Waals surface area contributed by atoms with Crippen LogP contribution in [0.2, 0.25) is 0 Å². The zero-order valence-electron chi connectivity index (χ0n) is 13.4. The molecule has 0 saturated carbocycles. The first kappa shape index (κ1) is 17.2. The van der Waals surface area contributed by atoms with Gasteiger partial charge < -0.3 is 15.8 Å². The van der Waals surface area contributed by atoms with E-state index < -0.39 is 0 Å². The van der Waals surface area contributed by atoms with Gasteiger partial charge in [-0.1, -0.05) is 6.92 Å². The number of guanidine groups is 1. The van der Waals surface area contributed by atoms with E-state index in [1.54, 1.807) is 0 Å². The smallest absolute Gasteiger partial charge is 0.188 e. The van der Waals surface area contributed by atoms with Gasteiger partial charge in [-0.25, -0.2) is 0 Å². The van der Waals surface area contributed by atoms with Crippen LogP contribution in [0.4, 0.5) is 0 Å². The molecule has 5 nitrogen and oxygen atoms in total. The molecule has 1 heterocycles. The zero-order valence-corrected chi connectivity index (χ0v) is 13.4. The average molecular weight is 284 g/mol. The third-order valence-electron chi connectivity index (χ3n) is 3.71. The zero-order chi connectivity index (χ0) is 14.8. The number of likely N-dealkylation sites (tertiary alicyclic amines) is 1. The summed E-state index contributed by atoms with van der Waals surface area (Å²) < 4.78 is 5.49. The van der Waals surface area contributed by atoms with Crippen LogP contribution in [-0.2, 0) is 4.74 Å². The number of nitrogens with zero attached hydrogens (tertiary/aromatic N) is 2. The largest absolute Gasteiger partial charge is 0.379 e. The highest BCUT2D eigenvalue weighted by Gasteiger charge is 2.22. The molecule has 1 aliphatic heterocycles. The molecule has 0 spiro atoms. The average Bonchev–Trinajstić information content (AvgIpc) is 2.87. The molecule has 0 amide bonds. The molecule has 5 heteroatoms. The Kier molecular flexibility index (Phi) is 8.62. The third kappa shape index (κ3) is 7.10. The van der Waals surface area contributed by atoms with Gasteiger partial charge in [0.25, 0.3) is 0 Å². The molecule has 3 N–H and O–H groups in total. The number of aliphatic imine (C=N–C) groups is 1. The molecule has 118 valence electrons. The van der Waals surface area contributed by atoms with Gasteiger partial charge in [0.2, 0.25) is 0 Å². The van der Waals surface area contributed by atoms with Crippen molar-refractivity contribution in [2.45, 2.75) is 58.6 Å². The minimum Gasteiger partial charge on any atom is -0.379 e. The van der Waals surface area contributed by atoms with Gasteiger partial charge in [0, 0.05) is 19.2 Å². The van der Waals surface area contributed by atoms with Crippen molar-refractivity contribution in [1.82, 2.24) is 10.2 Å². The maximum atomic E-state index is 5.89. The summed E-state index contributed by atoms with van der Waals surface area (Å²) in [4.78, 5) is 6.95. The second-order valence-electron chi connectivity index (χ2n) is 5.70. The summed E-state index contributed by atoms with van der Waals surface area (Å²) >= 11 is 0. The van der Waals surface area contributed by atoms with Gasteiger partial charge in [0.15, 0.2) is 5.96 Å². The monoisotopic (exact) mass is 284 g/mol. The molecule has 0 aliphatic carbocycles. The maximum Gasteiger partial charge on any atom is 0.188 e. The van der Waals surface area contributed by atoms with E-state index in [4.69, 9.17) is 10.5 Å². The van der Waals surface area contributed by atoms with Crippen LogP contribution in [0, 0.1) is 0 Å². The highest BCUT2D eigenvalue weighted by atomic mass is 16.5. The van der Waals surface area contributed by atoms with Gasteiger partial charge in [-0.3, -0.25) is 9.89 Å². The third-order valence-corrected chi connectivity index (χ3v) is 3.71. The number of rotatable bonds is 9.